The number of hydrogen-bond donors (Lipinski definition) is 0. The fraction of sp³-hybridized carbons (Fsp3) is 0.600. The predicted molar refractivity (Wildman–Crippen MR) is 75.1 cm³/mol. The lowest BCUT2D eigenvalue weighted by molar-refractivity contribution is -0.206. The summed E-state index contributed by atoms with van der Waals surface area (Å²) in [5.41, 5.74) is 0. The lowest BCUT2D eigenvalue weighted by Crippen LogP contribution is -2.49. The highest BCUT2D eigenvalue weighted by Crippen LogP contribution is 2.44. The zero-order valence-corrected chi connectivity index (χ0v) is 12.4. The van der Waals surface area contributed by atoms with Crippen molar-refractivity contribution in [1.82, 2.24) is 0 Å². The van der Waals surface area contributed by atoms with Crippen LogP contribution >= 0.6 is 0 Å². The van der Waals surface area contributed by atoms with Gasteiger partial charge in [-0.15, -0.1) is 0 Å². The molecule has 1 aromatic carbocycles. The van der Waals surface area contributed by atoms with Crippen LogP contribution in [0.25, 0.3) is 0 Å². The summed E-state index contributed by atoms with van der Waals surface area (Å²) in [5, 5.41) is -0.434. The maximum atomic E-state index is 12.8. The molecule has 1 aliphatic carbocycles. The van der Waals surface area contributed by atoms with Crippen molar-refractivity contribution in [3.63, 3.8) is 0 Å². The van der Waals surface area contributed by atoms with Crippen molar-refractivity contribution in [2.45, 2.75) is 42.1 Å². The average molecular weight is 296 g/mol. The van der Waals surface area contributed by atoms with Crippen LogP contribution in [-0.2, 0) is 19.3 Å². The number of ether oxygens (including phenoxy) is 2. The van der Waals surface area contributed by atoms with Crippen molar-refractivity contribution in [2.75, 3.05) is 13.2 Å². The first-order chi connectivity index (χ1) is 9.56. The van der Waals surface area contributed by atoms with Gasteiger partial charge in [0.2, 0.25) is 0 Å². The first kappa shape index (κ1) is 14.0. The molecule has 1 spiro atoms. The molecular formula is C15H20O4S. The molecule has 2 unspecified atom stereocenters. The third-order valence-electron chi connectivity index (χ3n) is 4.51. The van der Waals surface area contributed by atoms with Gasteiger partial charge in [0.1, 0.15) is 0 Å². The Kier molecular flexibility index (Phi) is 3.60. The molecule has 1 saturated carbocycles. The van der Waals surface area contributed by atoms with E-state index in [1.54, 1.807) is 24.3 Å². The van der Waals surface area contributed by atoms with E-state index in [-0.39, 0.29) is 5.92 Å². The van der Waals surface area contributed by atoms with Crippen LogP contribution in [0.15, 0.2) is 35.2 Å². The molecule has 110 valence electrons. The van der Waals surface area contributed by atoms with Gasteiger partial charge in [0.25, 0.3) is 0 Å². The second kappa shape index (κ2) is 5.13. The van der Waals surface area contributed by atoms with Crippen LogP contribution in [0.3, 0.4) is 0 Å². The van der Waals surface area contributed by atoms with Gasteiger partial charge in [0, 0.05) is 12.3 Å². The van der Waals surface area contributed by atoms with Crippen LogP contribution in [0, 0.1) is 5.92 Å². The molecule has 2 fully saturated rings. The fourth-order valence-corrected chi connectivity index (χ4v) is 5.50. The largest absolute Gasteiger partial charge is 0.347 e. The summed E-state index contributed by atoms with van der Waals surface area (Å²) < 4.78 is 37.2. The molecule has 0 aromatic heterocycles. The van der Waals surface area contributed by atoms with Crippen LogP contribution in [0.1, 0.15) is 26.2 Å². The van der Waals surface area contributed by atoms with Gasteiger partial charge in [-0.1, -0.05) is 25.1 Å². The van der Waals surface area contributed by atoms with E-state index in [0.717, 1.165) is 12.8 Å². The van der Waals surface area contributed by atoms with E-state index in [2.05, 4.69) is 0 Å². The van der Waals surface area contributed by atoms with Crippen molar-refractivity contribution >= 4 is 9.84 Å². The first-order valence-corrected chi connectivity index (χ1v) is 8.68. The molecule has 5 heteroatoms. The Morgan fingerprint density at radius 1 is 1.15 bits per heavy atom. The Hall–Kier alpha value is -0.910. The van der Waals surface area contributed by atoms with Gasteiger partial charge in [0.15, 0.2) is 15.6 Å². The van der Waals surface area contributed by atoms with Crippen LogP contribution in [0.2, 0.25) is 0 Å². The quantitative estimate of drug-likeness (QED) is 0.841. The van der Waals surface area contributed by atoms with E-state index in [9.17, 15) is 8.42 Å². The van der Waals surface area contributed by atoms with Crippen molar-refractivity contribution in [2.24, 2.45) is 5.92 Å². The van der Waals surface area contributed by atoms with Gasteiger partial charge in [-0.2, -0.15) is 0 Å². The molecule has 2 aliphatic rings. The Bertz CT molecular complexity index is 561. The zero-order valence-electron chi connectivity index (χ0n) is 11.6. The summed E-state index contributed by atoms with van der Waals surface area (Å²) in [6.07, 6.45) is 2.28. The highest BCUT2D eigenvalue weighted by Gasteiger charge is 2.51. The second-order valence-corrected chi connectivity index (χ2v) is 7.75. The standard InChI is InChI=1S/C15H20O4S/c1-12-14(8-5-9-15(12)18-10-11-19-15)20(16,17)13-6-3-2-4-7-13/h2-4,6-7,12,14H,5,8-11H2,1H3. The highest BCUT2D eigenvalue weighted by atomic mass is 32.2. The molecular weight excluding hydrogens is 276 g/mol. The molecule has 0 amide bonds. The van der Waals surface area contributed by atoms with Gasteiger partial charge in [-0.05, 0) is 25.0 Å². The number of hydrogen-bond acceptors (Lipinski definition) is 4. The first-order valence-electron chi connectivity index (χ1n) is 7.13. The van der Waals surface area contributed by atoms with Crippen molar-refractivity contribution < 1.29 is 17.9 Å². The van der Waals surface area contributed by atoms with Crippen LogP contribution in [0.4, 0.5) is 0 Å². The summed E-state index contributed by atoms with van der Waals surface area (Å²) >= 11 is 0. The average Bonchev–Trinajstić information content (AvgIpc) is 2.92. The maximum absolute atomic E-state index is 12.8. The molecule has 0 N–H and O–H groups in total. The SMILES string of the molecule is CC1C(S(=O)(=O)c2ccccc2)CCCC12OCCO2. The van der Waals surface area contributed by atoms with Gasteiger partial charge in [-0.25, -0.2) is 8.42 Å². The third kappa shape index (κ3) is 2.18. The lowest BCUT2D eigenvalue weighted by Gasteiger charge is -2.41. The van der Waals surface area contributed by atoms with Crippen LogP contribution < -0.4 is 0 Å². The van der Waals surface area contributed by atoms with Crippen LogP contribution in [0.5, 0.6) is 0 Å². The van der Waals surface area contributed by atoms with E-state index in [0.29, 0.717) is 24.5 Å². The zero-order chi connectivity index (χ0) is 14.2. The molecule has 0 bridgehead atoms. The number of benzene rings is 1. The summed E-state index contributed by atoms with van der Waals surface area (Å²) in [6, 6.07) is 8.69. The molecule has 0 radical (unpaired) electrons. The fourth-order valence-electron chi connectivity index (χ4n) is 3.40. The second-order valence-electron chi connectivity index (χ2n) is 5.59. The molecule has 20 heavy (non-hydrogen) atoms. The van der Waals surface area contributed by atoms with Gasteiger partial charge < -0.3 is 9.47 Å². The Morgan fingerprint density at radius 2 is 1.80 bits per heavy atom. The minimum absolute atomic E-state index is 0.149. The Balaban J connectivity index is 1.93. The van der Waals surface area contributed by atoms with Gasteiger partial charge >= 0.3 is 0 Å². The molecule has 2 atom stereocenters. The van der Waals surface area contributed by atoms with Crippen molar-refractivity contribution in [3.8, 4) is 0 Å². The van der Waals surface area contributed by atoms with Gasteiger partial charge in [-0.3, -0.25) is 0 Å². The van der Waals surface area contributed by atoms with Gasteiger partial charge in [0.05, 0.1) is 23.4 Å². The Morgan fingerprint density at radius 3 is 2.45 bits per heavy atom. The van der Waals surface area contributed by atoms with Crippen molar-refractivity contribution in [1.29, 1.82) is 0 Å². The van der Waals surface area contributed by atoms with E-state index < -0.39 is 20.9 Å². The topological polar surface area (TPSA) is 52.6 Å². The third-order valence-corrected chi connectivity index (χ3v) is 6.88. The number of rotatable bonds is 2. The summed E-state index contributed by atoms with van der Waals surface area (Å²) in [4.78, 5) is 0.395. The highest BCUT2D eigenvalue weighted by molar-refractivity contribution is 7.92. The van der Waals surface area contributed by atoms with E-state index in [1.807, 2.05) is 13.0 Å². The van der Waals surface area contributed by atoms with Crippen molar-refractivity contribution in [3.05, 3.63) is 30.3 Å². The monoisotopic (exact) mass is 296 g/mol. The normalized spacial score (nSPS) is 29.6. The van der Waals surface area contributed by atoms with E-state index in [1.165, 1.54) is 0 Å². The molecule has 1 aliphatic heterocycles. The van der Waals surface area contributed by atoms with Crippen LogP contribution in [-0.4, -0.2) is 32.7 Å². The summed E-state index contributed by atoms with van der Waals surface area (Å²) in [5.74, 6) is -0.839. The maximum Gasteiger partial charge on any atom is 0.181 e. The molecule has 1 heterocycles. The minimum atomic E-state index is -3.33. The predicted octanol–water partition coefficient (Wildman–Crippen LogP) is 2.39. The summed E-state index contributed by atoms with van der Waals surface area (Å²) in [6.45, 7) is 3.06. The lowest BCUT2D eigenvalue weighted by atomic mass is 9.84. The smallest absolute Gasteiger partial charge is 0.181 e. The Labute approximate surface area is 120 Å². The molecule has 1 saturated heterocycles. The minimum Gasteiger partial charge on any atom is -0.347 e. The molecule has 3 rings (SSSR count). The molecule has 4 nitrogen and oxygen atoms in total. The molecule has 1 aromatic rings. The number of sulfone groups is 1. The van der Waals surface area contributed by atoms with E-state index >= 15 is 0 Å². The van der Waals surface area contributed by atoms with E-state index in [4.69, 9.17) is 9.47 Å². The summed E-state index contributed by atoms with van der Waals surface area (Å²) in [7, 11) is -3.33.